The molecule has 0 aromatic heterocycles. The summed E-state index contributed by atoms with van der Waals surface area (Å²) in [6.45, 7) is 0.0513. The van der Waals surface area contributed by atoms with Crippen LogP contribution in [-0.4, -0.2) is 15.0 Å². The fraction of sp³-hybridized carbons (Fsp3) is 0.500. The van der Waals surface area contributed by atoms with Gasteiger partial charge >= 0.3 is 10.1 Å². The van der Waals surface area contributed by atoms with Gasteiger partial charge in [-0.3, -0.25) is 4.18 Å². The Labute approximate surface area is 52.3 Å². The van der Waals surface area contributed by atoms with Gasteiger partial charge in [0.25, 0.3) is 0 Å². The van der Waals surface area contributed by atoms with E-state index in [4.69, 9.17) is 0 Å². The van der Waals surface area contributed by atoms with E-state index < -0.39 is 15.3 Å². The topological polar surface area (TPSA) is 43.4 Å². The fourth-order valence-electron chi connectivity index (χ4n) is 0.489. The standard InChI is InChI=1S/C4H5FO3S/c5-4-2-1-3-8-9(4,6)7/h2H,1,3H2. The number of halogens is 1. The summed E-state index contributed by atoms with van der Waals surface area (Å²) in [5, 5.41) is -1.17. The molecule has 0 bridgehead atoms. The zero-order valence-corrected chi connectivity index (χ0v) is 5.32. The maximum absolute atomic E-state index is 12.1. The third kappa shape index (κ3) is 1.28. The Hall–Kier alpha value is -0.420. The van der Waals surface area contributed by atoms with Crippen molar-refractivity contribution in [2.75, 3.05) is 6.61 Å². The van der Waals surface area contributed by atoms with Crippen LogP contribution in [0.5, 0.6) is 0 Å². The third-order valence-electron chi connectivity index (χ3n) is 0.900. The first kappa shape index (κ1) is 6.70. The highest BCUT2D eigenvalue weighted by Gasteiger charge is 2.21. The molecule has 0 saturated carbocycles. The van der Waals surface area contributed by atoms with Gasteiger partial charge in [-0.2, -0.15) is 12.8 Å². The van der Waals surface area contributed by atoms with Crippen LogP contribution >= 0.6 is 0 Å². The van der Waals surface area contributed by atoms with Crippen molar-refractivity contribution in [2.45, 2.75) is 6.42 Å². The van der Waals surface area contributed by atoms with Crippen LogP contribution in [0.4, 0.5) is 4.39 Å². The van der Waals surface area contributed by atoms with E-state index in [-0.39, 0.29) is 6.61 Å². The molecule has 0 N–H and O–H groups in total. The average molecular weight is 152 g/mol. The molecule has 0 fully saturated rings. The molecule has 1 aliphatic rings. The first-order chi connectivity index (χ1) is 4.13. The molecule has 3 nitrogen and oxygen atoms in total. The van der Waals surface area contributed by atoms with Gasteiger partial charge in [-0.15, -0.1) is 0 Å². The Morgan fingerprint density at radius 3 is 2.67 bits per heavy atom. The van der Waals surface area contributed by atoms with E-state index in [0.29, 0.717) is 6.42 Å². The van der Waals surface area contributed by atoms with Crippen molar-refractivity contribution in [3.8, 4) is 0 Å². The van der Waals surface area contributed by atoms with Gasteiger partial charge in [-0.05, 0) is 12.5 Å². The lowest BCUT2D eigenvalue weighted by atomic mass is 10.5. The van der Waals surface area contributed by atoms with Crippen LogP contribution in [0.2, 0.25) is 0 Å². The van der Waals surface area contributed by atoms with Gasteiger partial charge in [0.1, 0.15) is 0 Å². The molecule has 0 radical (unpaired) electrons. The molecule has 9 heavy (non-hydrogen) atoms. The minimum Gasteiger partial charge on any atom is -0.264 e. The van der Waals surface area contributed by atoms with Crippen molar-refractivity contribution in [1.82, 2.24) is 0 Å². The smallest absolute Gasteiger partial charge is 0.264 e. The van der Waals surface area contributed by atoms with Crippen LogP contribution < -0.4 is 0 Å². The lowest BCUT2D eigenvalue weighted by Crippen LogP contribution is -2.11. The highest BCUT2D eigenvalue weighted by Crippen LogP contribution is 2.15. The largest absolute Gasteiger partial charge is 0.323 e. The number of hydrogen-bond acceptors (Lipinski definition) is 3. The van der Waals surface area contributed by atoms with Crippen LogP contribution in [0.15, 0.2) is 11.2 Å². The Bertz CT molecular complexity index is 228. The lowest BCUT2D eigenvalue weighted by molar-refractivity contribution is 0.313. The second kappa shape index (κ2) is 2.07. The maximum Gasteiger partial charge on any atom is 0.323 e. The maximum atomic E-state index is 12.1. The highest BCUT2D eigenvalue weighted by molar-refractivity contribution is 7.90. The Balaban J connectivity index is 3.01. The fourth-order valence-corrected chi connectivity index (χ4v) is 1.24. The summed E-state index contributed by atoms with van der Waals surface area (Å²) in [4.78, 5) is 0. The molecule has 0 unspecified atom stereocenters. The first-order valence-electron chi connectivity index (χ1n) is 2.38. The Kier molecular flexibility index (Phi) is 1.54. The van der Waals surface area contributed by atoms with E-state index in [9.17, 15) is 12.8 Å². The van der Waals surface area contributed by atoms with E-state index in [1.807, 2.05) is 0 Å². The summed E-state index contributed by atoms with van der Waals surface area (Å²) in [6.07, 6.45) is 1.32. The van der Waals surface area contributed by atoms with E-state index in [0.717, 1.165) is 6.08 Å². The summed E-state index contributed by atoms with van der Waals surface area (Å²) < 4.78 is 36.8. The van der Waals surface area contributed by atoms with Crippen molar-refractivity contribution < 1.29 is 17.0 Å². The van der Waals surface area contributed by atoms with Gasteiger partial charge in [-0.1, -0.05) is 0 Å². The molecule has 0 saturated heterocycles. The third-order valence-corrected chi connectivity index (χ3v) is 2.02. The summed E-state index contributed by atoms with van der Waals surface area (Å²) >= 11 is 0. The molecule has 1 heterocycles. The summed E-state index contributed by atoms with van der Waals surface area (Å²) in [5.41, 5.74) is 0. The molecule has 0 aromatic rings. The van der Waals surface area contributed by atoms with Crippen LogP contribution in [0, 0.1) is 0 Å². The minimum atomic E-state index is -3.97. The molecule has 0 spiro atoms. The van der Waals surface area contributed by atoms with Crippen molar-refractivity contribution in [1.29, 1.82) is 0 Å². The van der Waals surface area contributed by atoms with E-state index in [1.165, 1.54) is 0 Å². The second-order valence-electron chi connectivity index (χ2n) is 1.57. The van der Waals surface area contributed by atoms with Gasteiger partial charge < -0.3 is 0 Å². The molecule has 5 heteroatoms. The van der Waals surface area contributed by atoms with Gasteiger partial charge in [0.05, 0.1) is 6.61 Å². The zero-order valence-electron chi connectivity index (χ0n) is 4.50. The van der Waals surface area contributed by atoms with Crippen LogP contribution in [0.1, 0.15) is 6.42 Å². The molecular weight excluding hydrogens is 147 g/mol. The van der Waals surface area contributed by atoms with Gasteiger partial charge in [-0.25, -0.2) is 0 Å². The molecule has 0 aromatic carbocycles. The zero-order chi connectivity index (χ0) is 6.91. The molecule has 0 amide bonds. The van der Waals surface area contributed by atoms with E-state index in [1.54, 1.807) is 0 Å². The van der Waals surface area contributed by atoms with Crippen molar-refractivity contribution >= 4 is 10.1 Å². The summed E-state index contributed by atoms with van der Waals surface area (Å²) in [5.74, 6) is 0. The molecule has 0 atom stereocenters. The molecule has 1 rings (SSSR count). The average Bonchev–Trinajstić information content (AvgIpc) is 1.77. The number of rotatable bonds is 0. The Morgan fingerprint density at radius 2 is 2.33 bits per heavy atom. The second-order valence-corrected chi connectivity index (χ2v) is 3.11. The van der Waals surface area contributed by atoms with Crippen LogP contribution in [0.3, 0.4) is 0 Å². The first-order valence-corrected chi connectivity index (χ1v) is 3.79. The molecule has 1 aliphatic heterocycles. The molecule has 52 valence electrons. The van der Waals surface area contributed by atoms with Crippen molar-refractivity contribution in [3.63, 3.8) is 0 Å². The summed E-state index contributed by atoms with van der Waals surface area (Å²) in [6, 6.07) is 0. The Morgan fingerprint density at radius 1 is 1.67 bits per heavy atom. The normalized spacial score (nSPS) is 25.2. The van der Waals surface area contributed by atoms with E-state index >= 15 is 0 Å². The van der Waals surface area contributed by atoms with Crippen LogP contribution in [0.25, 0.3) is 0 Å². The van der Waals surface area contributed by atoms with Crippen LogP contribution in [-0.2, 0) is 14.3 Å². The quantitative estimate of drug-likeness (QED) is 0.476. The predicted octanol–water partition coefficient (Wildman–Crippen LogP) is 0.547. The lowest BCUT2D eigenvalue weighted by Gasteiger charge is -2.05. The molecule has 0 aliphatic carbocycles. The monoisotopic (exact) mass is 152 g/mol. The van der Waals surface area contributed by atoms with Crippen molar-refractivity contribution in [2.24, 2.45) is 0 Å². The minimum absolute atomic E-state index is 0.0513. The predicted molar refractivity (Wildman–Crippen MR) is 28.7 cm³/mol. The SMILES string of the molecule is O=S1(=O)OCCC=C1F. The highest BCUT2D eigenvalue weighted by atomic mass is 32.2. The van der Waals surface area contributed by atoms with E-state index in [2.05, 4.69) is 4.18 Å². The van der Waals surface area contributed by atoms with Gasteiger partial charge in [0.2, 0.25) is 5.16 Å². The van der Waals surface area contributed by atoms with Crippen molar-refractivity contribution in [3.05, 3.63) is 11.2 Å². The molecular formula is C4H5FO3S. The number of hydrogen-bond donors (Lipinski definition) is 0. The van der Waals surface area contributed by atoms with Gasteiger partial charge in [0, 0.05) is 0 Å². The van der Waals surface area contributed by atoms with Gasteiger partial charge in [0.15, 0.2) is 0 Å². The summed E-state index contributed by atoms with van der Waals surface area (Å²) in [7, 11) is -3.97.